The Morgan fingerprint density at radius 2 is 1.80 bits per heavy atom. The highest BCUT2D eigenvalue weighted by atomic mass is 19.2. The van der Waals surface area contributed by atoms with Crippen LogP contribution >= 0.6 is 0 Å². The zero-order valence-electron chi connectivity index (χ0n) is 11.9. The molecule has 1 aromatic heterocycles. The Hall–Kier alpha value is -1.81. The number of pyridine rings is 1. The molecule has 0 saturated heterocycles. The summed E-state index contributed by atoms with van der Waals surface area (Å²) in [5.74, 6) is -1.63. The average Bonchev–Trinajstić information content (AvgIpc) is 2.38. The van der Waals surface area contributed by atoms with Crippen LogP contribution in [-0.4, -0.2) is 11.5 Å². The number of aryl methyl sites for hydroxylation is 2. The molecule has 0 bridgehead atoms. The first-order valence-electron chi connectivity index (χ1n) is 6.65. The molecule has 0 aliphatic carbocycles. The minimum atomic E-state index is -0.826. The summed E-state index contributed by atoms with van der Waals surface area (Å²) >= 11 is 0. The van der Waals surface area contributed by atoms with Crippen LogP contribution in [0.5, 0.6) is 0 Å². The van der Waals surface area contributed by atoms with Crippen LogP contribution in [0.2, 0.25) is 0 Å². The van der Waals surface area contributed by atoms with Crippen molar-refractivity contribution < 1.29 is 8.78 Å². The maximum Gasteiger partial charge on any atom is 0.163 e. The van der Waals surface area contributed by atoms with Crippen molar-refractivity contribution in [3.63, 3.8) is 0 Å². The number of nitrogens with zero attached hydrogens (tertiary/aromatic N) is 1. The van der Waals surface area contributed by atoms with Crippen molar-refractivity contribution in [3.05, 3.63) is 64.5 Å². The number of nitrogens with one attached hydrogen (secondary N) is 1. The second-order valence-electron chi connectivity index (χ2n) is 4.82. The fourth-order valence-corrected chi connectivity index (χ4v) is 2.39. The lowest BCUT2D eigenvalue weighted by Gasteiger charge is -2.20. The standard InChI is InChI=1S/C16H18F2N2/c1-4-19-16(12-8-10(2)20-11(3)9-12)13-6-5-7-14(17)15(13)18/h5-9,16,19H,4H2,1-3H3. The highest BCUT2D eigenvalue weighted by Crippen LogP contribution is 2.26. The molecule has 2 nitrogen and oxygen atoms in total. The van der Waals surface area contributed by atoms with Gasteiger partial charge in [-0.05, 0) is 44.2 Å². The Kier molecular flexibility index (Phi) is 4.45. The molecule has 1 atom stereocenters. The van der Waals surface area contributed by atoms with Gasteiger partial charge in [0.05, 0.1) is 6.04 Å². The molecule has 1 heterocycles. The maximum atomic E-state index is 14.0. The zero-order valence-corrected chi connectivity index (χ0v) is 11.9. The molecule has 4 heteroatoms. The Morgan fingerprint density at radius 3 is 2.40 bits per heavy atom. The summed E-state index contributed by atoms with van der Waals surface area (Å²) in [6, 6.07) is 7.67. The van der Waals surface area contributed by atoms with E-state index in [4.69, 9.17) is 0 Å². The van der Waals surface area contributed by atoms with E-state index in [1.54, 1.807) is 6.07 Å². The topological polar surface area (TPSA) is 24.9 Å². The van der Waals surface area contributed by atoms with Crippen LogP contribution in [0.1, 0.15) is 35.5 Å². The molecule has 20 heavy (non-hydrogen) atoms. The highest BCUT2D eigenvalue weighted by Gasteiger charge is 2.19. The lowest BCUT2D eigenvalue weighted by Crippen LogP contribution is -2.23. The van der Waals surface area contributed by atoms with Crippen LogP contribution in [-0.2, 0) is 0 Å². The van der Waals surface area contributed by atoms with Gasteiger partial charge in [0, 0.05) is 17.0 Å². The third-order valence-electron chi connectivity index (χ3n) is 3.14. The minimum absolute atomic E-state index is 0.317. The molecule has 1 unspecified atom stereocenters. The van der Waals surface area contributed by atoms with Crippen molar-refractivity contribution in [3.8, 4) is 0 Å². The summed E-state index contributed by atoms with van der Waals surface area (Å²) in [6.07, 6.45) is 0. The Labute approximate surface area is 117 Å². The molecular formula is C16H18F2N2. The lowest BCUT2D eigenvalue weighted by atomic mass is 9.97. The number of halogens is 2. The van der Waals surface area contributed by atoms with Gasteiger partial charge in [0.1, 0.15) is 0 Å². The summed E-state index contributed by atoms with van der Waals surface area (Å²) in [5, 5.41) is 3.20. The van der Waals surface area contributed by atoms with Crippen LogP contribution in [0.15, 0.2) is 30.3 Å². The van der Waals surface area contributed by atoms with Gasteiger partial charge in [0.25, 0.3) is 0 Å². The molecule has 0 radical (unpaired) electrons. The molecule has 0 aliphatic heterocycles. The SMILES string of the molecule is CCNC(c1cc(C)nc(C)c1)c1cccc(F)c1F. The van der Waals surface area contributed by atoms with E-state index in [-0.39, 0.29) is 6.04 Å². The summed E-state index contributed by atoms with van der Waals surface area (Å²) in [6.45, 7) is 6.37. The number of rotatable bonds is 4. The third-order valence-corrected chi connectivity index (χ3v) is 3.14. The molecule has 2 aromatic rings. The van der Waals surface area contributed by atoms with Gasteiger partial charge >= 0.3 is 0 Å². The first kappa shape index (κ1) is 14.6. The second-order valence-corrected chi connectivity index (χ2v) is 4.82. The van der Waals surface area contributed by atoms with Crippen molar-refractivity contribution >= 4 is 0 Å². The van der Waals surface area contributed by atoms with Crippen LogP contribution in [0.25, 0.3) is 0 Å². The first-order valence-corrected chi connectivity index (χ1v) is 6.65. The van der Waals surface area contributed by atoms with Gasteiger partial charge in [-0.15, -0.1) is 0 Å². The van der Waals surface area contributed by atoms with Crippen LogP contribution < -0.4 is 5.32 Å². The molecule has 2 rings (SSSR count). The second kappa shape index (κ2) is 6.09. The van der Waals surface area contributed by atoms with Gasteiger partial charge in [0.15, 0.2) is 11.6 Å². The van der Waals surface area contributed by atoms with E-state index >= 15 is 0 Å². The van der Waals surface area contributed by atoms with Gasteiger partial charge in [-0.3, -0.25) is 4.98 Å². The van der Waals surface area contributed by atoms with Gasteiger partial charge in [-0.25, -0.2) is 8.78 Å². The lowest BCUT2D eigenvalue weighted by molar-refractivity contribution is 0.483. The number of aromatic nitrogens is 1. The van der Waals surface area contributed by atoms with E-state index < -0.39 is 11.6 Å². The van der Waals surface area contributed by atoms with E-state index in [0.29, 0.717) is 12.1 Å². The fourth-order valence-electron chi connectivity index (χ4n) is 2.39. The summed E-state index contributed by atoms with van der Waals surface area (Å²) in [5.41, 5.74) is 2.93. The molecule has 0 fully saturated rings. The number of hydrogen-bond acceptors (Lipinski definition) is 2. The quantitative estimate of drug-likeness (QED) is 0.921. The van der Waals surface area contributed by atoms with E-state index in [2.05, 4.69) is 10.3 Å². The van der Waals surface area contributed by atoms with Crippen molar-refractivity contribution in [2.75, 3.05) is 6.54 Å². The molecule has 1 aromatic carbocycles. The molecule has 0 spiro atoms. The predicted octanol–water partition coefficient (Wildman–Crippen LogP) is 3.68. The molecule has 1 N–H and O–H groups in total. The van der Waals surface area contributed by atoms with E-state index in [1.807, 2.05) is 32.9 Å². The summed E-state index contributed by atoms with van der Waals surface area (Å²) < 4.78 is 27.5. The zero-order chi connectivity index (χ0) is 14.7. The van der Waals surface area contributed by atoms with Crippen molar-refractivity contribution in [2.45, 2.75) is 26.8 Å². The Bertz CT molecular complexity index is 591. The average molecular weight is 276 g/mol. The van der Waals surface area contributed by atoms with Crippen LogP contribution in [0.4, 0.5) is 8.78 Å². The molecule has 0 aliphatic rings. The van der Waals surface area contributed by atoms with Crippen molar-refractivity contribution in [1.29, 1.82) is 0 Å². The smallest absolute Gasteiger partial charge is 0.163 e. The monoisotopic (exact) mass is 276 g/mol. The van der Waals surface area contributed by atoms with Crippen molar-refractivity contribution in [1.82, 2.24) is 10.3 Å². The minimum Gasteiger partial charge on any atom is -0.306 e. The largest absolute Gasteiger partial charge is 0.306 e. The molecular weight excluding hydrogens is 258 g/mol. The van der Waals surface area contributed by atoms with Crippen LogP contribution in [0.3, 0.4) is 0 Å². The van der Waals surface area contributed by atoms with Gasteiger partial charge in [-0.1, -0.05) is 19.1 Å². The first-order chi connectivity index (χ1) is 9.52. The molecule has 106 valence electrons. The number of benzene rings is 1. The van der Waals surface area contributed by atoms with Gasteiger partial charge in [0.2, 0.25) is 0 Å². The molecule has 0 saturated carbocycles. The normalized spacial score (nSPS) is 12.4. The maximum absolute atomic E-state index is 14.0. The highest BCUT2D eigenvalue weighted by molar-refractivity contribution is 5.34. The summed E-state index contributed by atoms with van der Waals surface area (Å²) in [7, 11) is 0. The summed E-state index contributed by atoms with van der Waals surface area (Å²) in [4.78, 5) is 4.31. The Balaban J connectivity index is 2.53. The number of hydrogen-bond donors (Lipinski definition) is 1. The van der Waals surface area contributed by atoms with E-state index in [0.717, 1.165) is 23.0 Å². The van der Waals surface area contributed by atoms with E-state index in [9.17, 15) is 8.78 Å². The van der Waals surface area contributed by atoms with Gasteiger partial charge < -0.3 is 5.32 Å². The third kappa shape index (κ3) is 3.02. The fraction of sp³-hybridized carbons (Fsp3) is 0.312. The van der Waals surface area contributed by atoms with E-state index in [1.165, 1.54) is 6.07 Å². The van der Waals surface area contributed by atoms with Crippen LogP contribution in [0, 0.1) is 25.5 Å². The van der Waals surface area contributed by atoms with Crippen molar-refractivity contribution in [2.24, 2.45) is 0 Å². The Morgan fingerprint density at radius 1 is 1.15 bits per heavy atom. The molecule has 0 amide bonds. The predicted molar refractivity (Wildman–Crippen MR) is 75.6 cm³/mol. The van der Waals surface area contributed by atoms with Gasteiger partial charge in [-0.2, -0.15) is 0 Å².